The molecular weight excluding hydrogens is 289 g/mol. The van der Waals surface area contributed by atoms with Gasteiger partial charge in [-0.15, -0.1) is 0 Å². The Balaban J connectivity index is 2.02. The van der Waals surface area contributed by atoms with Crippen molar-refractivity contribution >= 4 is 18.4 Å². The highest BCUT2D eigenvalue weighted by atomic mass is 32.1. The van der Waals surface area contributed by atoms with Crippen LogP contribution < -0.4 is 0 Å². The van der Waals surface area contributed by atoms with E-state index in [4.69, 9.17) is 12.2 Å². The zero-order chi connectivity index (χ0) is 14.7. The fraction of sp³-hybridized carbons (Fsp3) is 0. The van der Waals surface area contributed by atoms with Crippen LogP contribution in [0.3, 0.4) is 0 Å². The molecule has 0 aliphatic rings. The molecule has 21 heavy (non-hydrogen) atoms. The fourth-order valence-corrected chi connectivity index (χ4v) is 1.94. The minimum Gasteiger partial charge on any atom is -0.253 e. The molecule has 1 N–H and O–H groups in total. The molecule has 0 atom stereocenters. The van der Waals surface area contributed by atoms with Crippen LogP contribution in [0.4, 0.5) is 4.39 Å². The lowest BCUT2D eigenvalue weighted by Crippen LogP contribution is -1.97. The SMILES string of the molecule is Fc1ccccc1C=Nn1c(-c2ccccn2)n[nH]c1=S. The van der Waals surface area contributed by atoms with Crippen LogP contribution in [0.2, 0.25) is 0 Å². The maximum absolute atomic E-state index is 13.6. The number of hydrogen-bond acceptors (Lipinski definition) is 4. The van der Waals surface area contributed by atoms with Gasteiger partial charge in [0, 0.05) is 11.8 Å². The minimum atomic E-state index is -0.351. The molecular formula is C14H10FN5S. The number of benzene rings is 1. The summed E-state index contributed by atoms with van der Waals surface area (Å²) in [4.78, 5) is 4.20. The normalized spacial score (nSPS) is 11.1. The summed E-state index contributed by atoms with van der Waals surface area (Å²) in [5.41, 5.74) is 0.989. The van der Waals surface area contributed by atoms with Crippen molar-refractivity contribution in [3.63, 3.8) is 0 Å². The van der Waals surface area contributed by atoms with Crippen molar-refractivity contribution in [3.8, 4) is 11.5 Å². The Morgan fingerprint density at radius 3 is 2.76 bits per heavy atom. The number of H-pyrrole nitrogens is 1. The van der Waals surface area contributed by atoms with Crippen molar-refractivity contribution in [1.82, 2.24) is 19.9 Å². The van der Waals surface area contributed by atoms with E-state index < -0.39 is 0 Å². The van der Waals surface area contributed by atoms with Crippen molar-refractivity contribution in [1.29, 1.82) is 0 Å². The molecule has 0 fully saturated rings. The van der Waals surface area contributed by atoms with Gasteiger partial charge in [0.15, 0.2) is 0 Å². The van der Waals surface area contributed by atoms with Gasteiger partial charge in [0.1, 0.15) is 11.5 Å². The molecule has 3 rings (SSSR count). The van der Waals surface area contributed by atoms with Crippen molar-refractivity contribution < 1.29 is 4.39 Å². The zero-order valence-corrected chi connectivity index (χ0v) is 11.6. The van der Waals surface area contributed by atoms with Gasteiger partial charge >= 0.3 is 0 Å². The largest absolute Gasteiger partial charge is 0.253 e. The first kappa shape index (κ1) is 13.3. The molecule has 0 saturated heterocycles. The van der Waals surface area contributed by atoms with Gasteiger partial charge in [-0.3, -0.25) is 4.98 Å². The summed E-state index contributed by atoms with van der Waals surface area (Å²) in [5.74, 6) is 0.115. The van der Waals surface area contributed by atoms with Crippen molar-refractivity contribution in [2.24, 2.45) is 5.10 Å². The second-order valence-corrected chi connectivity index (χ2v) is 4.53. The molecule has 0 amide bonds. The lowest BCUT2D eigenvalue weighted by atomic mass is 10.2. The Bertz CT molecular complexity index is 838. The minimum absolute atomic E-state index is 0.309. The predicted octanol–water partition coefficient (Wildman–Crippen LogP) is 3.02. The maximum atomic E-state index is 13.6. The zero-order valence-electron chi connectivity index (χ0n) is 10.8. The third kappa shape index (κ3) is 2.77. The molecule has 7 heteroatoms. The average Bonchev–Trinajstić information content (AvgIpc) is 2.88. The molecule has 1 aromatic carbocycles. The van der Waals surface area contributed by atoms with Crippen LogP contribution in [0.1, 0.15) is 5.56 Å². The number of nitrogens with zero attached hydrogens (tertiary/aromatic N) is 4. The van der Waals surface area contributed by atoms with Crippen LogP contribution >= 0.6 is 12.2 Å². The number of rotatable bonds is 3. The van der Waals surface area contributed by atoms with E-state index in [1.807, 2.05) is 6.07 Å². The molecule has 0 unspecified atom stereocenters. The molecule has 0 saturated carbocycles. The van der Waals surface area contributed by atoms with Gasteiger partial charge in [0.2, 0.25) is 10.6 Å². The third-order valence-electron chi connectivity index (χ3n) is 2.76. The van der Waals surface area contributed by atoms with Gasteiger partial charge in [0.05, 0.1) is 6.21 Å². The van der Waals surface area contributed by atoms with Crippen molar-refractivity contribution in [2.75, 3.05) is 0 Å². The number of nitrogens with one attached hydrogen (secondary N) is 1. The van der Waals surface area contributed by atoms with Crippen molar-refractivity contribution in [2.45, 2.75) is 0 Å². The van der Waals surface area contributed by atoms with E-state index in [0.717, 1.165) is 0 Å². The van der Waals surface area contributed by atoms with Crippen LogP contribution in [0.5, 0.6) is 0 Å². The monoisotopic (exact) mass is 299 g/mol. The lowest BCUT2D eigenvalue weighted by Gasteiger charge is -2.00. The molecule has 3 aromatic rings. The Morgan fingerprint density at radius 1 is 1.19 bits per heavy atom. The summed E-state index contributed by atoms with van der Waals surface area (Å²) in [5, 5.41) is 10.9. The van der Waals surface area contributed by atoms with Gasteiger partial charge in [0.25, 0.3) is 0 Å². The highest BCUT2D eigenvalue weighted by molar-refractivity contribution is 7.71. The van der Waals surface area contributed by atoms with E-state index in [1.165, 1.54) is 17.0 Å². The van der Waals surface area contributed by atoms with Crippen LogP contribution in [-0.4, -0.2) is 26.1 Å². The first-order valence-electron chi connectivity index (χ1n) is 6.13. The molecule has 2 heterocycles. The van der Waals surface area contributed by atoms with Crippen LogP contribution in [0.15, 0.2) is 53.8 Å². The molecule has 104 valence electrons. The van der Waals surface area contributed by atoms with E-state index in [2.05, 4.69) is 20.3 Å². The number of aromatic amines is 1. The van der Waals surface area contributed by atoms with E-state index >= 15 is 0 Å². The topological polar surface area (TPSA) is 58.9 Å². The average molecular weight is 299 g/mol. The van der Waals surface area contributed by atoms with Crippen molar-refractivity contribution in [3.05, 3.63) is 64.8 Å². The Morgan fingerprint density at radius 2 is 2.00 bits per heavy atom. The maximum Gasteiger partial charge on any atom is 0.216 e. The smallest absolute Gasteiger partial charge is 0.216 e. The predicted molar refractivity (Wildman–Crippen MR) is 80.0 cm³/mol. The van der Waals surface area contributed by atoms with E-state index in [9.17, 15) is 4.39 Å². The summed E-state index contributed by atoms with van der Waals surface area (Å²) >= 11 is 5.13. The molecule has 0 aliphatic heterocycles. The lowest BCUT2D eigenvalue weighted by molar-refractivity contribution is 0.625. The number of aromatic nitrogens is 4. The van der Waals surface area contributed by atoms with Gasteiger partial charge < -0.3 is 0 Å². The first-order valence-corrected chi connectivity index (χ1v) is 6.54. The fourth-order valence-electron chi connectivity index (χ4n) is 1.76. The van der Waals surface area contributed by atoms with Gasteiger partial charge in [-0.2, -0.15) is 14.9 Å². The summed E-state index contributed by atoms with van der Waals surface area (Å²) in [6, 6.07) is 11.8. The van der Waals surface area contributed by atoms with Crippen LogP contribution in [-0.2, 0) is 0 Å². The standard InChI is InChI=1S/C14H10FN5S/c15-11-6-2-1-5-10(11)9-17-20-13(18-19-14(20)21)12-7-3-4-8-16-12/h1-9H,(H,19,21). The molecule has 0 radical (unpaired) electrons. The van der Waals surface area contributed by atoms with Gasteiger partial charge in [-0.05, 0) is 30.4 Å². The molecule has 0 bridgehead atoms. The molecule has 2 aromatic heterocycles. The quantitative estimate of drug-likeness (QED) is 0.597. The number of pyridine rings is 1. The number of hydrogen-bond donors (Lipinski definition) is 1. The second kappa shape index (κ2) is 5.76. The summed E-state index contributed by atoms with van der Waals surface area (Å²) in [6.07, 6.45) is 3.05. The summed E-state index contributed by atoms with van der Waals surface area (Å²) in [7, 11) is 0. The van der Waals surface area contributed by atoms with E-state index in [1.54, 1.807) is 36.5 Å². The third-order valence-corrected chi connectivity index (χ3v) is 3.03. The van der Waals surface area contributed by atoms with E-state index in [0.29, 0.717) is 21.9 Å². The highest BCUT2D eigenvalue weighted by Gasteiger charge is 2.08. The Kier molecular flexibility index (Phi) is 3.65. The summed E-state index contributed by atoms with van der Waals surface area (Å²) in [6.45, 7) is 0. The number of halogens is 1. The van der Waals surface area contributed by atoms with Crippen LogP contribution in [0.25, 0.3) is 11.5 Å². The Labute approximate surface area is 124 Å². The first-order chi connectivity index (χ1) is 10.3. The molecule has 0 aliphatic carbocycles. The Hall–Kier alpha value is -2.67. The highest BCUT2D eigenvalue weighted by Crippen LogP contribution is 2.13. The van der Waals surface area contributed by atoms with Gasteiger partial charge in [-0.1, -0.05) is 24.3 Å². The van der Waals surface area contributed by atoms with Gasteiger partial charge in [-0.25, -0.2) is 9.49 Å². The van der Waals surface area contributed by atoms with E-state index in [-0.39, 0.29) is 5.82 Å². The molecule has 5 nitrogen and oxygen atoms in total. The second-order valence-electron chi connectivity index (χ2n) is 4.15. The van der Waals surface area contributed by atoms with Crippen LogP contribution in [0, 0.1) is 10.6 Å². The summed E-state index contributed by atoms with van der Waals surface area (Å²) < 4.78 is 15.3. The molecule has 0 spiro atoms.